The molecule has 0 spiro atoms. The number of anilines is 1. The Bertz CT molecular complexity index is 1210. The van der Waals surface area contributed by atoms with Crippen LogP contribution in [0.4, 0.5) is 14.9 Å². The van der Waals surface area contributed by atoms with Crippen molar-refractivity contribution in [1.82, 2.24) is 5.32 Å². The van der Waals surface area contributed by atoms with Gasteiger partial charge in [0.1, 0.15) is 18.5 Å². The molecule has 4 rings (SSSR count). The molecule has 1 unspecified atom stereocenters. The predicted molar refractivity (Wildman–Crippen MR) is 124 cm³/mol. The average Bonchev–Trinajstić information content (AvgIpc) is 3.14. The van der Waals surface area contributed by atoms with E-state index in [0.717, 1.165) is 34.4 Å². The van der Waals surface area contributed by atoms with E-state index in [2.05, 4.69) is 10.6 Å². The van der Waals surface area contributed by atoms with E-state index in [4.69, 9.17) is 9.84 Å². The Hall–Kier alpha value is -4.20. The summed E-state index contributed by atoms with van der Waals surface area (Å²) in [4.78, 5) is 36.0. The number of alkyl carbamates (subject to hydrolysis) is 1. The van der Waals surface area contributed by atoms with Gasteiger partial charge >= 0.3 is 12.1 Å². The number of amides is 2. The molecule has 0 aromatic heterocycles. The molecular weight excluding hydrogens is 439 g/mol. The minimum absolute atomic E-state index is 0.0836. The number of carboxylic acids is 1. The van der Waals surface area contributed by atoms with Crippen molar-refractivity contribution in [3.63, 3.8) is 0 Å². The Morgan fingerprint density at radius 2 is 1.62 bits per heavy atom. The van der Waals surface area contributed by atoms with Gasteiger partial charge in [-0.2, -0.15) is 0 Å². The third kappa shape index (κ3) is 4.61. The molecule has 0 heterocycles. The van der Waals surface area contributed by atoms with Crippen molar-refractivity contribution in [2.24, 2.45) is 0 Å². The van der Waals surface area contributed by atoms with Gasteiger partial charge in [-0.05, 0) is 46.9 Å². The lowest BCUT2D eigenvalue weighted by Gasteiger charge is -2.19. The van der Waals surface area contributed by atoms with Gasteiger partial charge in [-0.15, -0.1) is 0 Å². The molecule has 0 radical (unpaired) electrons. The van der Waals surface area contributed by atoms with Gasteiger partial charge in [-0.1, -0.05) is 55.5 Å². The number of benzene rings is 3. The predicted octanol–water partition coefficient (Wildman–Crippen LogP) is 4.78. The standard InChI is InChI=1S/C26H23FN2O5/c1-2-23(24(30)28-15-11-12-20(25(31)32)22(27)13-15)29-26(33)34-14-21-18-9-5-3-7-16(18)17-8-4-6-10-19(17)21/h3-13,21,23H,2,14H2,1H3,(H,28,30)(H,29,33)(H,31,32). The topological polar surface area (TPSA) is 105 Å². The Balaban J connectivity index is 1.38. The number of halogens is 1. The Kier molecular flexibility index (Phi) is 6.58. The zero-order chi connectivity index (χ0) is 24.2. The number of aromatic carboxylic acids is 1. The maximum Gasteiger partial charge on any atom is 0.407 e. The molecule has 1 aliphatic rings. The number of fused-ring (bicyclic) bond motifs is 3. The number of hydrogen-bond acceptors (Lipinski definition) is 4. The van der Waals surface area contributed by atoms with E-state index in [1.807, 2.05) is 48.5 Å². The monoisotopic (exact) mass is 462 g/mol. The molecule has 8 heteroatoms. The summed E-state index contributed by atoms with van der Waals surface area (Å²) in [6.07, 6.45) is -0.470. The first-order chi connectivity index (χ1) is 16.4. The summed E-state index contributed by atoms with van der Waals surface area (Å²) in [5.41, 5.74) is 3.96. The minimum Gasteiger partial charge on any atom is -0.478 e. The zero-order valence-electron chi connectivity index (χ0n) is 18.4. The van der Waals surface area contributed by atoms with Crippen LogP contribution in [0, 0.1) is 5.82 Å². The number of rotatable bonds is 7. The highest BCUT2D eigenvalue weighted by molar-refractivity contribution is 5.97. The van der Waals surface area contributed by atoms with Gasteiger partial charge in [-0.3, -0.25) is 4.79 Å². The van der Waals surface area contributed by atoms with Gasteiger partial charge in [-0.25, -0.2) is 14.0 Å². The highest BCUT2D eigenvalue weighted by Gasteiger charge is 2.29. The quantitative estimate of drug-likeness (QED) is 0.469. The summed E-state index contributed by atoms with van der Waals surface area (Å²) in [6, 6.07) is 18.3. The molecule has 0 bridgehead atoms. The summed E-state index contributed by atoms with van der Waals surface area (Å²) >= 11 is 0. The number of nitrogens with one attached hydrogen (secondary N) is 2. The number of carbonyl (C=O) groups is 3. The van der Waals surface area contributed by atoms with Crippen molar-refractivity contribution in [2.75, 3.05) is 11.9 Å². The van der Waals surface area contributed by atoms with Crippen LogP contribution in [0.5, 0.6) is 0 Å². The largest absolute Gasteiger partial charge is 0.478 e. The Labute approximate surface area is 195 Å². The normalized spacial score (nSPS) is 12.9. The highest BCUT2D eigenvalue weighted by atomic mass is 19.1. The summed E-state index contributed by atoms with van der Waals surface area (Å²) in [6.45, 7) is 1.82. The first kappa shape index (κ1) is 23.0. The van der Waals surface area contributed by atoms with E-state index in [9.17, 15) is 18.8 Å². The van der Waals surface area contributed by atoms with Crippen molar-refractivity contribution in [3.8, 4) is 11.1 Å². The second-order valence-corrected chi connectivity index (χ2v) is 7.92. The molecule has 1 atom stereocenters. The second kappa shape index (κ2) is 9.74. The molecule has 0 saturated carbocycles. The van der Waals surface area contributed by atoms with Crippen molar-refractivity contribution < 1.29 is 28.6 Å². The number of carboxylic acid groups (broad SMARTS) is 1. The number of hydrogen-bond donors (Lipinski definition) is 3. The Morgan fingerprint density at radius 3 is 2.18 bits per heavy atom. The van der Waals surface area contributed by atoms with Gasteiger partial charge in [0.05, 0.1) is 5.56 Å². The molecule has 0 aliphatic heterocycles. The molecule has 3 aromatic rings. The van der Waals surface area contributed by atoms with Crippen LogP contribution in [0.2, 0.25) is 0 Å². The van der Waals surface area contributed by atoms with Gasteiger partial charge in [0.2, 0.25) is 5.91 Å². The highest BCUT2D eigenvalue weighted by Crippen LogP contribution is 2.44. The van der Waals surface area contributed by atoms with E-state index in [0.29, 0.717) is 0 Å². The van der Waals surface area contributed by atoms with Gasteiger partial charge < -0.3 is 20.5 Å². The van der Waals surface area contributed by atoms with E-state index < -0.39 is 35.4 Å². The molecule has 0 fully saturated rings. The molecule has 174 valence electrons. The van der Waals surface area contributed by atoms with Crippen molar-refractivity contribution >= 4 is 23.7 Å². The minimum atomic E-state index is -1.40. The van der Waals surface area contributed by atoms with Crippen LogP contribution in [-0.2, 0) is 9.53 Å². The van der Waals surface area contributed by atoms with Crippen LogP contribution in [0.1, 0.15) is 40.7 Å². The SMILES string of the molecule is CCC(NC(=O)OCC1c2ccccc2-c2ccccc21)C(=O)Nc1ccc(C(=O)O)c(F)c1. The smallest absolute Gasteiger partial charge is 0.407 e. The van der Waals surface area contributed by atoms with Crippen LogP contribution in [0.3, 0.4) is 0 Å². The lowest BCUT2D eigenvalue weighted by Crippen LogP contribution is -2.43. The number of carbonyl (C=O) groups excluding carboxylic acids is 2. The van der Waals surface area contributed by atoms with Crippen LogP contribution in [-0.4, -0.2) is 35.7 Å². The van der Waals surface area contributed by atoms with Crippen molar-refractivity contribution in [1.29, 1.82) is 0 Å². The molecule has 3 aromatic carbocycles. The van der Waals surface area contributed by atoms with E-state index in [-0.39, 0.29) is 24.6 Å². The molecular formula is C26H23FN2O5. The van der Waals surface area contributed by atoms with Crippen LogP contribution < -0.4 is 10.6 Å². The van der Waals surface area contributed by atoms with E-state index in [1.165, 1.54) is 6.07 Å². The third-order valence-electron chi connectivity index (χ3n) is 5.83. The fraction of sp³-hybridized carbons (Fsp3) is 0.192. The third-order valence-corrected chi connectivity index (χ3v) is 5.83. The first-order valence-electron chi connectivity index (χ1n) is 10.8. The summed E-state index contributed by atoms with van der Waals surface area (Å²) in [5, 5.41) is 13.9. The fourth-order valence-corrected chi connectivity index (χ4v) is 4.13. The van der Waals surface area contributed by atoms with Gasteiger partial charge in [0.15, 0.2) is 0 Å². The zero-order valence-corrected chi connectivity index (χ0v) is 18.4. The Morgan fingerprint density at radius 1 is 1.00 bits per heavy atom. The fourth-order valence-electron chi connectivity index (χ4n) is 4.13. The maximum absolute atomic E-state index is 13.9. The summed E-state index contributed by atoms with van der Waals surface area (Å²) in [5.74, 6) is -3.05. The van der Waals surface area contributed by atoms with Crippen molar-refractivity contribution in [3.05, 3.63) is 89.2 Å². The molecule has 34 heavy (non-hydrogen) atoms. The first-order valence-corrected chi connectivity index (χ1v) is 10.8. The van der Waals surface area contributed by atoms with Crippen LogP contribution >= 0.6 is 0 Å². The van der Waals surface area contributed by atoms with E-state index in [1.54, 1.807) is 6.92 Å². The number of ether oxygens (including phenoxy) is 1. The molecule has 1 aliphatic carbocycles. The molecule has 0 saturated heterocycles. The maximum atomic E-state index is 13.9. The summed E-state index contributed by atoms with van der Waals surface area (Å²) < 4.78 is 19.4. The molecule has 7 nitrogen and oxygen atoms in total. The van der Waals surface area contributed by atoms with Gasteiger partial charge in [0.25, 0.3) is 0 Å². The van der Waals surface area contributed by atoms with Crippen LogP contribution in [0.25, 0.3) is 11.1 Å². The lowest BCUT2D eigenvalue weighted by atomic mass is 9.98. The molecule has 3 N–H and O–H groups in total. The molecule has 2 amide bonds. The van der Waals surface area contributed by atoms with Crippen molar-refractivity contribution in [2.45, 2.75) is 25.3 Å². The van der Waals surface area contributed by atoms with E-state index >= 15 is 0 Å². The summed E-state index contributed by atoms with van der Waals surface area (Å²) in [7, 11) is 0. The average molecular weight is 462 g/mol. The second-order valence-electron chi connectivity index (χ2n) is 7.92. The lowest BCUT2D eigenvalue weighted by molar-refractivity contribution is -0.118. The van der Waals surface area contributed by atoms with Gasteiger partial charge in [0, 0.05) is 11.6 Å². The van der Waals surface area contributed by atoms with Crippen LogP contribution in [0.15, 0.2) is 66.7 Å².